The van der Waals surface area contributed by atoms with Crippen LogP contribution in [-0.2, 0) is 4.79 Å². The molecule has 1 aliphatic rings. The molecular formula is C21H23N3O3. The Balaban J connectivity index is 1.80. The summed E-state index contributed by atoms with van der Waals surface area (Å²) in [6.07, 6.45) is 1.59. The van der Waals surface area contributed by atoms with Gasteiger partial charge >= 0.3 is 0 Å². The van der Waals surface area contributed by atoms with Gasteiger partial charge in [-0.15, -0.1) is 5.10 Å². The maximum atomic E-state index is 12.4. The highest BCUT2D eigenvalue weighted by Crippen LogP contribution is 2.29. The van der Waals surface area contributed by atoms with Gasteiger partial charge in [-0.05, 0) is 35.7 Å². The number of amides is 1. The number of methoxy groups -OCH3 is 1. The topological polar surface area (TPSA) is 63.5 Å². The van der Waals surface area contributed by atoms with Crippen molar-refractivity contribution in [2.75, 3.05) is 25.7 Å². The van der Waals surface area contributed by atoms with E-state index in [0.717, 1.165) is 16.8 Å². The molecule has 0 bridgehead atoms. The molecule has 6 heteroatoms. The third-order valence-electron chi connectivity index (χ3n) is 4.15. The average molecular weight is 365 g/mol. The summed E-state index contributed by atoms with van der Waals surface area (Å²) < 4.78 is 11.1. The number of hydrogen-bond donors (Lipinski definition) is 0. The van der Waals surface area contributed by atoms with Gasteiger partial charge in [0.15, 0.2) is 17.2 Å². The fourth-order valence-corrected chi connectivity index (χ4v) is 2.74. The number of benzene rings is 2. The van der Waals surface area contributed by atoms with Gasteiger partial charge in [0.25, 0.3) is 5.91 Å². The summed E-state index contributed by atoms with van der Waals surface area (Å²) in [5, 5.41) is 8.26. The highest BCUT2D eigenvalue weighted by molar-refractivity contribution is 6.54. The molecule has 1 heterocycles. The van der Waals surface area contributed by atoms with E-state index in [1.165, 1.54) is 0 Å². The molecule has 3 rings (SSSR count). The summed E-state index contributed by atoms with van der Waals surface area (Å²) in [6.45, 7) is 4.80. The second-order valence-corrected chi connectivity index (χ2v) is 6.69. The first kappa shape index (κ1) is 18.6. The first-order valence-corrected chi connectivity index (χ1v) is 8.80. The molecule has 2 aromatic rings. The first-order chi connectivity index (χ1) is 13.0. The van der Waals surface area contributed by atoms with E-state index in [2.05, 4.69) is 24.1 Å². The maximum absolute atomic E-state index is 12.4. The predicted molar refractivity (Wildman–Crippen MR) is 107 cm³/mol. The predicted octanol–water partition coefficient (Wildman–Crippen LogP) is 3.53. The molecule has 0 saturated heterocycles. The van der Waals surface area contributed by atoms with Crippen LogP contribution in [0.3, 0.4) is 0 Å². The van der Waals surface area contributed by atoms with Crippen LogP contribution in [0.2, 0.25) is 0 Å². The third kappa shape index (κ3) is 4.00. The molecule has 0 saturated carbocycles. The minimum absolute atomic E-state index is 0.164. The molecule has 0 unspecified atom stereocenters. The molecule has 27 heavy (non-hydrogen) atoms. The molecule has 0 fully saturated rings. The van der Waals surface area contributed by atoms with Gasteiger partial charge in [-0.2, -0.15) is 5.10 Å². The number of anilines is 1. The Morgan fingerprint density at radius 1 is 1.15 bits per heavy atom. The molecule has 1 aliphatic heterocycles. The third-order valence-corrected chi connectivity index (χ3v) is 4.15. The van der Waals surface area contributed by atoms with Crippen molar-refractivity contribution >= 4 is 23.5 Å². The lowest BCUT2D eigenvalue weighted by molar-refractivity contribution is -0.111. The molecule has 0 spiro atoms. The van der Waals surface area contributed by atoms with Gasteiger partial charge in [-0.3, -0.25) is 4.79 Å². The van der Waals surface area contributed by atoms with Crippen LogP contribution in [0.1, 0.15) is 25.0 Å². The van der Waals surface area contributed by atoms with E-state index < -0.39 is 0 Å². The van der Waals surface area contributed by atoms with Crippen molar-refractivity contribution in [3.63, 3.8) is 0 Å². The zero-order valence-corrected chi connectivity index (χ0v) is 16.0. The van der Waals surface area contributed by atoms with E-state index in [9.17, 15) is 4.79 Å². The van der Waals surface area contributed by atoms with Crippen LogP contribution >= 0.6 is 0 Å². The highest BCUT2D eigenvalue weighted by atomic mass is 16.5. The molecule has 1 amide bonds. The van der Waals surface area contributed by atoms with Gasteiger partial charge in [-0.1, -0.05) is 32.0 Å². The molecule has 140 valence electrons. The van der Waals surface area contributed by atoms with Crippen molar-refractivity contribution in [3.8, 4) is 11.5 Å². The number of carbonyl (C=O) groups is 1. The van der Waals surface area contributed by atoms with Crippen LogP contribution in [0.15, 0.2) is 52.7 Å². The van der Waals surface area contributed by atoms with E-state index >= 15 is 0 Å². The van der Waals surface area contributed by atoms with Crippen LogP contribution in [0.5, 0.6) is 11.5 Å². The summed E-state index contributed by atoms with van der Waals surface area (Å²) in [4.78, 5) is 13.9. The number of hydrogen-bond acceptors (Lipinski definition) is 5. The number of likely N-dealkylation sites (N-methyl/N-ethyl adjacent to an activating group) is 1. The van der Waals surface area contributed by atoms with Gasteiger partial charge in [0.2, 0.25) is 0 Å². The fraction of sp³-hybridized carbons (Fsp3) is 0.286. The average Bonchev–Trinajstić information content (AvgIpc) is 2.91. The zero-order valence-electron chi connectivity index (χ0n) is 16.0. The lowest BCUT2D eigenvalue weighted by atomic mass is 10.1. The normalized spacial score (nSPS) is 15.1. The van der Waals surface area contributed by atoms with Crippen molar-refractivity contribution in [1.82, 2.24) is 0 Å². The van der Waals surface area contributed by atoms with Crippen LogP contribution in [0, 0.1) is 5.92 Å². The second-order valence-electron chi connectivity index (χ2n) is 6.69. The van der Waals surface area contributed by atoms with E-state index in [1.54, 1.807) is 25.3 Å². The molecule has 0 aliphatic carbocycles. The van der Waals surface area contributed by atoms with Crippen LogP contribution < -0.4 is 14.4 Å². The van der Waals surface area contributed by atoms with Crippen molar-refractivity contribution in [2.24, 2.45) is 16.1 Å². The SMILES string of the molecule is COc1cc(/C=N\N=C2/C(=O)N(C)c3ccccc32)ccc1OCC(C)C. The Kier molecular flexibility index (Phi) is 5.54. The van der Waals surface area contributed by atoms with E-state index in [-0.39, 0.29) is 5.91 Å². The van der Waals surface area contributed by atoms with Crippen LogP contribution in [0.4, 0.5) is 5.69 Å². The van der Waals surface area contributed by atoms with Gasteiger partial charge in [0.05, 0.1) is 25.6 Å². The van der Waals surface area contributed by atoms with Gasteiger partial charge in [-0.25, -0.2) is 0 Å². The van der Waals surface area contributed by atoms with Crippen molar-refractivity contribution in [1.29, 1.82) is 0 Å². The molecular weight excluding hydrogens is 342 g/mol. The second kappa shape index (κ2) is 8.03. The first-order valence-electron chi connectivity index (χ1n) is 8.80. The van der Waals surface area contributed by atoms with Gasteiger partial charge < -0.3 is 14.4 Å². The minimum atomic E-state index is -0.164. The summed E-state index contributed by atoms with van der Waals surface area (Å²) in [5.41, 5.74) is 2.77. The minimum Gasteiger partial charge on any atom is -0.493 e. The lowest BCUT2D eigenvalue weighted by Crippen LogP contribution is -2.25. The summed E-state index contributed by atoms with van der Waals surface area (Å²) in [5.74, 6) is 1.59. The smallest absolute Gasteiger partial charge is 0.279 e. The Hall–Kier alpha value is -3.15. The number of rotatable bonds is 6. The van der Waals surface area contributed by atoms with Crippen molar-refractivity contribution < 1.29 is 14.3 Å². The monoisotopic (exact) mass is 365 g/mol. The summed E-state index contributed by atoms with van der Waals surface area (Å²) >= 11 is 0. The number of ether oxygens (including phenoxy) is 2. The summed E-state index contributed by atoms with van der Waals surface area (Å²) in [6, 6.07) is 13.1. The standard InChI is InChI=1S/C21H23N3O3/c1-14(2)13-27-18-10-9-15(11-19(18)26-4)12-22-23-20-16-7-5-6-8-17(16)24(3)21(20)25/h5-12,14H,13H2,1-4H3/b22-12-,23-20-. The van der Waals surface area contributed by atoms with E-state index in [4.69, 9.17) is 9.47 Å². The Morgan fingerprint density at radius 2 is 1.93 bits per heavy atom. The Labute approximate surface area is 159 Å². The molecule has 0 atom stereocenters. The Bertz CT molecular complexity index is 903. The number of nitrogens with zero attached hydrogens (tertiary/aromatic N) is 3. The molecule has 0 radical (unpaired) electrons. The van der Waals surface area contributed by atoms with Crippen molar-refractivity contribution in [2.45, 2.75) is 13.8 Å². The lowest BCUT2D eigenvalue weighted by Gasteiger charge is -2.12. The Morgan fingerprint density at radius 3 is 2.67 bits per heavy atom. The van der Waals surface area contributed by atoms with E-state index in [0.29, 0.717) is 29.7 Å². The quantitative estimate of drug-likeness (QED) is 0.581. The maximum Gasteiger partial charge on any atom is 0.279 e. The summed E-state index contributed by atoms with van der Waals surface area (Å²) in [7, 11) is 3.33. The number of carbonyl (C=O) groups excluding carboxylic acids is 1. The van der Waals surface area contributed by atoms with E-state index in [1.807, 2.05) is 42.5 Å². The largest absolute Gasteiger partial charge is 0.493 e. The number of fused-ring (bicyclic) bond motifs is 1. The highest BCUT2D eigenvalue weighted by Gasteiger charge is 2.30. The van der Waals surface area contributed by atoms with Crippen LogP contribution in [0.25, 0.3) is 0 Å². The van der Waals surface area contributed by atoms with Gasteiger partial charge in [0.1, 0.15) is 0 Å². The molecule has 6 nitrogen and oxygen atoms in total. The van der Waals surface area contributed by atoms with Crippen molar-refractivity contribution in [3.05, 3.63) is 53.6 Å². The van der Waals surface area contributed by atoms with Crippen LogP contribution in [-0.4, -0.2) is 38.6 Å². The molecule has 0 N–H and O–H groups in total. The number of para-hydroxylation sites is 1. The zero-order chi connectivity index (χ0) is 19.4. The van der Waals surface area contributed by atoms with Gasteiger partial charge in [0, 0.05) is 12.6 Å². The fourth-order valence-electron chi connectivity index (χ4n) is 2.74. The molecule has 2 aromatic carbocycles. The molecule has 0 aromatic heterocycles.